The number of tetrazole rings is 1. The molecule has 0 saturated heterocycles. The highest BCUT2D eigenvalue weighted by Crippen LogP contribution is 2.28. The number of amides is 2. The van der Waals surface area contributed by atoms with Crippen molar-refractivity contribution in [3.05, 3.63) is 89.6 Å². The summed E-state index contributed by atoms with van der Waals surface area (Å²) in [7, 11) is 1.38. The van der Waals surface area contributed by atoms with E-state index in [0.29, 0.717) is 53.5 Å². The number of H-pyrrole nitrogens is 1. The van der Waals surface area contributed by atoms with Crippen molar-refractivity contribution in [1.82, 2.24) is 35.5 Å². The lowest BCUT2D eigenvalue weighted by Gasteiger charge is -2.14. The number of carbonyl (C=O) groups is 3. The largest absolute Gasteiger partial charge is 0.469 e. The van der Waals surface area contributed by atoms with Crippen molar-refractivity contribution in [2.24, 2.45) is 0 Å². The van der Waals surface area contributed by atoms with Gasteiger partial charge in [-0.3, -0.25) is 14.4 Å². The Morgan fingerprint density at radius 1 is 1.21 bits per heavy atom. The first kappa shape index (κ1) is 30.8. The van der Waals surface area contributed by atoms with Crippen LogP contribution in [0.1, 0.15) is 50.0 Å². The number of benzene rings is 2. The molecule has 3 N–H and O–H groups in total. The molecule has 2 amide bonds. The zero-order valence-corrected chi connectivity index (χ0v) is 24.4. The number of allylic oxidation sites excluding steroid dienone is 1. The molecule has 1 aliphatic rings. The Labute approximate surface area is 253 Å². The summed E-state index contributed by atoms with van der Waals surface area (Å²) in [5, 5.41) is 17.8. The van der Waals surface area contributed by atoms with Gasteiger partial charge in [-0.05, 0) is 53.6 Å². The molecular formula is C30H31ClN8O4. The minimum absolute atomic E-state index is 0.0619. The molecule has 5 rings (SSSR count). The van der Waals surface area contributed by atoms with E-state index in [1.165, 1.54) is 24.2 Å². The van der Waals surface area contributed by atoms with Gasteiger partial charge in [-0.15, -0.1) is 5.10 Å². The Hall–Kier alpha value is -5.10. The number of ether oxygens (including phenoxy) is 1. The van der Waals surface area contributed by atoms with Crippen molar-refractivity contribution in [1.29, 1.82) is 0 Å². The molecule has 12 nitrogen and oxygen atoms in total. The fourth-order valence-electron chi connectivity index (χ4n) is 4.16. The number of para-hydroxylation sites is 1. The number of methoxy groups -OCH3 is 1. The summed E-state index contributed by atoms with van der Waals surface area (Å²) in [5.74, 6) is 0.0857. The predicted octanol–water partition coefficient (Wildman–Crippen LogP) is 4.82. The van der Waals surface area contributed by atoms with Gasteiger partial charge in [0.1, 0.15) is 12.2 Å². The second kappa shape index (κ2) is 15.2. The smallest absolute Gasteiger partial charge is 0.305 e. The number of anilines is 1. The molecule has 0 fully saturated rings. The first-order valence-corrected chi connectivity index (χ1v) is 13.9. The summed E-state index contributed by atoms with van der Waals surface area (Å²) in [4.78, 5) is 43.1. The van der Waals surface area contributed by atoms with Crippen LogP contribution >= 0.6 is 11.6 Å². The monoisotopic (exact) mass is 602 g/mol. The summed E-state index contributed by atoms with van der Waals surface area (Å²) in [6.07, 6.45) is 12.1. The molecule has 43 heavy (non-hydrogen) atoms. The fraction of sp³-hybridized carbons (Fsp3) is 0.233. The van der Waals surface area contributed by atoms with Crippen molar-refractivity contribution < 1.29 is 19.1 Å². The fourth-order valence-corrected chi connectivity index (χ4v) is 4.34. The van der Waals surface area contributed by atoms with E-state index in [9.17, 15) is 14.4 Å². The maximum absolute atomic E-state index is 13.0. The third kappa shape index (κ3) is 8.69. The number of halogens is 1. The van der Waals surface area contributed by atoms with Gasteiger partial charge in [-0.2, -0.15) is 4.68 Å². The van der Waals surface area contributed by atoms with Crippen LogP contribution < -0.4 is 10.6 Å². The van der Waals surface area contributed by atoms with Gasteiger partial charge < -0.3 is 20.4 Å². The van der Waals surface area contributed by atoms with Gasteiger partial charge >= 0.3 is 5.97 Å². The minimum Gasteiger partial charge on any atom is -0.469 e. The van der Waals surface area contributed by atoms with Crippen molar-refractivity contribution in [2.45, 2.75) is 38.6 Å². The van der Waals surface area contributed by atoms with Crippen LogP contribution in [0.5, 0.6) is 0 Å². The Bertz CT molecular complexity index is 1610. The summed E-state index contributed by atoms with van der Waals surface area (Å²) < 4.78 is 5.76. The van der Waals surface area contributed by atoms with Crippen LogP contribution in [0, 0.1) is 0 Å². The quantitative estimate of drug-likeness (QED) is 0.167. The Morgan fingerprint density at radius 2 is 2.05 bits per heavy atom. The van der Waals surface area contributed by atoms with Crippen LogP contribution in [0.15, 0.2) is 73.2 Å². The molecule has 0 saturated carbocycles. The number of fused-ring (bicyclic) bond motifs is 4. The molecule has 2 bridgehead atoms. The van der Waals surface area contributed by atoms with E-state index in [-0.39, 0.29) is 17.8 Å². The average molecular weight is 603 g/mol. The number of esters is 1. The highest BCUT2D eigenvalue weighted by Gasteiger charge is 2.18. The first-order chi connectivity index (χ1) is 20.9. The first-order valence-electron chi connectivity index (χ1n) is 13.5. The van der Waals surface area contributed by atoms with Crippen LogP contribution in [-0.4, -0.2) is 55.1 Å². The summed E-state index contributed by atoms with van der Waals surface area (Å²) in [6, 6.07) is 12.4. The van der Waals surface area contributed by atoms with Crippen LogP contribution in [-0.2, 0) is 19.1 Å². The minimum atomic E-state index is -0.405. The number of nitrogens with one attached hydrogen (secondary N) is 3. The number of aromatic amines is 1. The van der Waals surface area contributed by atoms with Crippen LogP contribution in [0.25, 0.3) is 23.0 Å². The number of hydrogen-bond acceptors (Lipinski definition) is 8. The highest BCUT2D eigenvalue weighted by molar-refractivity contribution is 6.30. The van der Waals surface area contributed by atoms with Crippen LogP contribution in [0.3, 0.4) is 0 Å². The Kier molecular flexibility index (Phi) is 10.9. The number of hydrogen-bond donors (Lipinski definition) is 3. The summed E-state index contributed by atoms with van der Waals surface area (Å²) in [6.45, 7) is 1.76. The van der Waals surface area contributed by atoms with Gasteiger partial charge in [-0.1, -0.05) is 48.9 Å². The number of imidazole rings is 1. The van der Waals surface area contributed by atoms with Gasteiger partial charge in [0.25, 0.3) is 0 Å². The molecule has 0 aliphatic carbocycles. The second-order valence-electron chi connectivity index (χ2n) is 9.30. The molecular weight excluding hydrogens is 572 g/mol. The molecule has 1 atom stereocenters. The molecule has 0 spiro atoms. The lowest BCUT2D eigenvalue weighted by molar-refractivity contribution is -0.140. The van der Waals surface area contributed by atoms with Gasteiger partial charge in [0.15, 0.2) is 0 Å². The number of aromatic nitrogens is 6. The topological polar surface area (TPSA) is 157 Å². The third-order valence-electron chi connectivity index (χ3n) is 6.33. The van der Waals surface area contributed by atoms with Crippen molar-refractivity contribution >= 4 is 41.1 Å². The average Bonchev–Trinajstić information content (AvgIpc) is 3.73. The number of carbonyl (C=O) groups excluding carboxylic acids is 3. The van der Waals surface area contributed by atoms with E-state index in [1.807, 2.05) is 36.4 Å². The Balaban J connectivity index is 0.000000641. The van der Waals surface area contributed by atoms with E-state index in [2.05, 4.69) is 40.9 Å². The standard InChI is InChI=1S/C26H23ClN8O2.C4H8O2/c27-18-11-12-23(35-16-29-33-34-35)17(14-18)10-13-25(37)31-21-8-2-1-3-9-24(36)30-20-7-5-4-6-19(20)22-15-28-26(21)32-22;1-3-4(5)6-2/h1-2,4-7,10-16,21H,3,8-9H2,(H,28,32)(H,30,36)(H,31,37);3H2,1-2H3/b2-1+,13-10+;/t21-;/m0./s1. The van der Waals surface area contributed by atoms with Gasteiger partial charge in [0, 0.05) is 35.1 Å². The van der Waals surface area contributed by atoms with Crippen molar-refractivity contribution in [3.8, 4) is 16.9 Å². The molecule has 0 unspecified atom stereocenters. The highest BCUT2D eigenvalue weighted by atomic mass is 35.5. The SMILES string of the molecule is CCC(=O)OC.O=C(/C=C/c1cc(Cl)ccc1-n1cnnn1)N[C@H]1C/C=C/CCC(=O)Nc2ccccc2-c2cnc1[nH]2. The molecule has 222 valence electrons. The van der Waals surface area contributed by atoms with Crippen molar-refractivity contribution in [3.63, 3.8) is 0 Å². The summed E-state index contributed by atoms with van der Waals surface area (Å²) >= 11 is 6.18. The summed E-state index contributed by atoms with van der Waals surface area (Å²) in [5.41, 5.74) is 3.63. The van der Waals surface area contributed by atoms with E-state index < -0.39 is 6.04 Å². The molecule has 13 heteroatoms. The lowest BCUT2D eigenvalue weighted by atomic mass is 10.1. The zero-order valence-electron chi connectivity index (χ0n) is 23.7. The molecule has 2 aromatic heterocycles. The number of nitrogens with zero attached hydrogens (tertiary/aromatic N) is 5. The van der Waals surface area contributed by atoms with E-state index in [0.717, 1.165) is 11.3 Å². The maximum atomic E-state index is 13.0. The zero-order chi connectivity index (χ0) is 30.6. The van der Waals surface area contributed by atoms with Gasteiger partial charge in [0.05, 0.1) is 36.4 Å². The molecule has 3 heterocycles. The van der Waals surface area contributed by atoms with Crippen molar-refractivity contribution in [2.75, 3.05) is 12.4 Å². The van der Waals surface area contributed by atoms with E-state index in [4.69, 9.17) is 11.6 Å². The number of rotatable bonds is 5. The Morgan fingerprint density at radius 3 is 2.79 bits per heavy atom. The molecule has 0 radical (unpaired) electrons. The second-order valence-corrected chi connectivity index (χ2v) is 9.74. The predicted molar refractivity (Wildman–Crippen MR) is 162 cm³/mol. The van der Waals surface area contributed by atoms with Crippen LogP contribution in [0.4, 0.5) is 5.69 Å². The lowest BCUT2D eigenvalue weighted by Crippen LogP contribution is -2.27. The molecule has 4 aromatic rings. The van der Waals surface area contributed by atoms with E-state index in [1.54, 1.807) is 37.4 Å². The van der Waals surface area contributed by atoms with Gasteiger partial charge in [-0.25, -0.2) is 4.98 Å². The van der Waals surface area contributed by atoms with Crippen LogP contribution in [0.2, 0.25) is 5.02 Å². The molecule has 1 aliphatic heterocycles. The van der Waals surface area contributed by atoms with Gasteiger partial charge in [0.2, 0.25) is 11.8 Å². The van der Waals surface area contributed by atoms with E-state index >= 15 is 0 Å². The molecule has 2 aromatic carbocycles. The normalized spacial score (nSPS) is 15.4. The maximum Gasteiger partial charge on any atom is 0.305 e. The third-order valence-corrected chi connectivity index (χ3v) is 6.56.